The van der Waals surface area contributed by atoms with Gasteiger partial charge < -0.3 is 14.7 Å². The monoisotopic (exact) mass is 399 g/mol. The van der Waals surface area contributed by atoms with Crippen molar-refractivity contribution >= 4 is 29.1 Å². The zero-order chi connectivity index (χ0) is 20.4. The molecule has 0 spiro atoms. The average Bonchev–Trinajstić information content (AvgIpc) is 2.93. The Labute approximate surface area is 169 Å². The molecule has 6 heteroatoms. The number of benzene rings is 2. The summed E-state index contributed by atoms with van der Waals surface area (Å²) in [6, 6.07) is 11.7. The highest BCUT2D eigenvalue weighted by atomic mass is 35.5. The van der Waals surface area contributed by atoms with Gasteiger partial charge in [0, 0.05) is 12.1 Å². The highest BCUT2D eigenvalue weighted by Crippen LogP contribution is 2.41. The molecule has 5 nitrogen and oxygen atoms in total. The average molecular weight is 400 g/mol. The van der Waals surface area contributed by atoms with Crippen LogP contribution in [0.25, 0.3) is 5.76 Å². The van der Waals surface area contributed by atoms with Crippen molar-refractivity contribution in [1.29, 1.82) is 0 Å². The van der Waals surface area contributed by atoms with Crippen molar-refractivity contribution in [2.24, 2.45) is 0 Å². The Balaban J connectivity index is 2.21. The van der Waals surface area contributed by atoms with Crippen LogP contribution in [0.5, 0.6) is 5.75 Å². The van der Waals surface area contributed by atoms with E-state index in [4.69, 9.17) is 16.3 Å². The molecular weight excluding hydrogens is 378 g/mol. The first-order valence-corrected chi connectivity index (χ1v) is 9.46. The van der Waals surface area contributed by atoms with Crippen LogP contribution in [0.4, 0.5) is 0 Å². The van der Waals surface area contributed by atoms with Gasteiger partial charge in [-0.15, -0.1) is 0 Å². The number of ether oxygens (including phenoxy) is 1. The van der Waals surface area contributed by atoms with Crippen molar-refractivity contribution in [1.82, 2.24) is 4.90 Å². The minimum absolute atomic E-state index is 0.0778. The van der Waals surface area contributed by atoms with Gasteiger partial charge in [-0.1, -0.05) is 42.8 Å². The Morgan fingerprint density at radius 3 is 2.54 bits per heavy atom. The number of amides is 1. The van der Waals surface area contributed by atoms with E-state index >= 15 is 0 Å². The predicted molar refractivity (Wildman–Crippen MR) is 108 cm³/mol. The Morgan fingerprint density at radius 1 is 1.21 bits per heavy atom. The molecule has 3 rings (SSSR count). The number of hydrogen-bond donors (Lipinski definition) is 1. The minimum Gasteiger partial charge on any atom is -0.507 e. The summed E-state index contributed by atoms with van der Waals surface area (Å²) in [6.45, 7) is 4.28. The maximum Gasteiger partial charge on any atom is 0.295 e. The second kappa shape index (κ2) is 8.07. The van der Waals surface area contributed by atoms with Crippen molar-refractivity contribution < 1.29 is 19.4 Å². The maximum atomic E-state index is 12.8. The molecule has 1 saturated heterocycles. The highest BCUT2D eigenvalue weighted by Gasteiger charge is 2.46. The Hall–Kier alpha value is -2.79. The molecule has 1 aliphatic rings. The third-order valence-corrected chi connectivity index (χ3v) is 5.21. The molecule has 0 saturated carbocycles. The molecule has 146 valence electrons. The predicted octanol–water partition coefficient (Wildman–Crippen LogP) is 4.49. The van der Waals surface area contributed by atoms with Gasteiger partial charge in [-0.2, -0.15) is 0 Å². The van der Waals surface area contributed by atoms with Crippen LogP contribution in [0, 0.1) is 6.92 Å². The first-order valence-electron chi connectivity index (χ1n) is 9.08. The van der Waals surface area contributed by atoms with E-state index in [9.17, 15) is 14.7 Å². The van der Waals surface area contributed by atoms with Crippen LogP contribution in [0.1, 0.15) is 36.1 Å². The van der Waals surface area contributed by atoms with Crippen molar-refractivity contribution in [2.75, 3.05) is 13.7 Å². The molecular formula is C22H22ClNO4. The van der Waals surface area contributed by atoms with Crippen LogP contribution in [0.2, 0.25) is 5.02 Å². The number of hydrogen-bond acceptors (Lipinski definition) is 4. The summed E-state index contributed by atoms with van der Waals surface area (Å²) in [7, 11) is 1.50. The van der Waals surface area contributed by atoms with Gasteiger partial charge in [-0.05, 0) is 42.7 Å². The van der Waals surface area contributed by atoms with Gasteiger partial charge in [0.15, 0.2) is 0 Å². The Bertz CT molecular complexity index is 967. The Kier molecular flexibility index (Phi) is 5.75. The zero-order valence-corrected chi connectivity index (χ0v) is 16.8. The SMILES string of the molecule is CCCN1C(=O)C(=O)/C(=C(/O)c2ccc(OC)c(Cl)c2)C1c1ccccc1C. The van der Waals surface area contributed by atoms with Crippen molar-refractivity contribution in [3.8, 4) is 5.75 Å². The van der Waals surface area contributed by atoms with Crippen LogP contribution in [0.3, 0.4) is 0 Å². The fourth-order valence-electron chi connectivity index (χ4n) is 3.54. The standard InChI is InChI=1S/C22H22ClNO4/c1-4-11-24-19(15-8-6-5-7-13(15)2)18(21(26)22(24)27)20(25)14-9-10-17(28-3)16(23)12-14/h5-10,12,19,25H,4,11H2,1-3H3/b20-18+. The number of aryl methyl sites for hydroxylation is 1. The van der Waals surface area contributed by atoms with Crippen LogP contribution in [0.15, 0.2) is 48.0 Å². The maximum absolute atomic E-state index is 12.8. The van der Waals surface area contributed by atoms with Crippen LogP contribution in [-0.4, -0.2) is 35.4 Å². The van der Waals surface area contributed by atoms with Gasteiger partial charge in [0.2, 0.25) is 0 Å². The number of carbonyl (C=O) groups is 2. The van der Waals surface area contributed by atoms with E-state index in [-0.39, 0.29) is 11.3 Å². The first-order chi connectivity index (χ1) is 13.4. The Morgan fingerprint density at radius 2 is 1.93 bits per heavy atom. The van der Waals surface area contributed by atoms with Crippen LogP contribution < -0.4 is 4.74 Å². The molecule has 0 aliphatic carbocycles. The summed E-state index contributed by atoms with van der Waals surface area (Å²) in [5, 5.41) is 11.3. The molecule has 1 aliphatic heterocycles. The third-order valence-electron chi connectivity index (χ3n) is 4.91. The van der Waals surface area contributed by atoms with Crippen LogP contribution in [-0.2, 0) is 9.59 Å². The lowest BCUT2D eigenvalue weighted by molar-refractivity contribution is -0.139. The fourth-order valence-corrected chi connectivity index (χ4v) is 3.80. The van der Waals surface area contributed by atoms with Gasteiger partial charge in [-0.3, -0.25) is 9.59 Å². The molecule has 1 heterocycles. The summed E-state index contributed by atoms with van der Waals surface area (Å²) in [4.78, 5) is 27.1. The molecule has 1 fully saturated rings. The molecule has 1 amide bonds. The lowest BCUT2D eigenvalue weighted by atomic mass is 9.92. The quantitative estimate of drug-likeness (QED) is 0.457. The van der Waals surface area contributed by atoms with Crippen molar-refractivity contribution in [3.63, 3.8) is 0 Å². The zero-order valence-electron chi connectivity index (χ0n) is 16.0. The summed E-state index contributed by atoms with van der Waals surface area (Å²) in [6.07, 6.45) is 0.698. The van der Waals surface area contributed by atoms with E-state index in [0.29, 0.717) is 29.3 Å². The van der Waals surface area contributed by atoms with Gasteiger partial charge in [0.25, 0.3) is 11.7 Å². The number of aliphatic hydroxyl groups excluding tert-OH is 1. The molecule has 1 N–H and O–H groups in total. The molecule has 1 atom stereocenters. The van der Waals surface area contributed by atoms with E-state index < -0.39 is 17.7 Å². The van der Waals surface area contributed by atoms with E-state index in [0.717, 1.165) is 11.1 Å². The lowest BCUT2D eigenvalue weighted by Crippen LogP contribution is -2.30. The number of halogens is 1. The van der Waals surface area contributed by atoms with E-state index in [1.165, 1.54) is 18.1 Å². The minimum atomic E-state index is -0.689. The first kappa shape index (κ1) is 20.0. The smallest absolute Gasteiger partial charge is 0.295 e. The number of aliphatic hydroxyl groups is 1. The summed E-state index contributed by atoms with van der Waals surface area (Å²) >= 11 is 6.18. The molecule has 2 aromatic carbocycles. The van der Waals surface area contributed by atoms with Gasteiger partial charge in [0.1, 0.15) is 11.5 Å². The van der Waals surface area contributed by atoms with E-state index in [1.54, 1.807) is 12.1 Å². The normalized spacial score (nSPS) is 18.6. The molecule has 28 heavy (non-hydrogen) atoms. The third kappa shape index (κ3) is 3.38. The van der Waals surface area contributed by atoms with Gasteiger partial charge in [-0.25, -0.2) is 0 Å². The molecule has 0 bridgehead atoms. The number of ketones is 1. The summed E-state index contributed by atoms with van der Waals surface area (Å²) < 4.78 is 5.14. The molecule has 2 aromatic rings. The fraction of sp³-hybridized carbons (Fsp3) is 0.273. The summed E-state index contributed by atoms with van der Waals surface area (Å²) in [5.74, 6) is -1.07. The van der Waals surface area contributed by atoms with Crippen LogP contribution >= 0.6 is 11.6 Å². The summed E-state index contributed by atoms with van der Waals surface area (Å²) in [5.41, 5.74) is 2.19. The second-order valence-corrected chi connectivity index (χ2v) is 7.11. The topological polar surface area (TPSA) is 66.8 Å². The molecule has 0 aromatic heterocycles. The van der Waals surface area contributed by atoms with Gasteiger partial charge >= 0.3 is 0 Å². The number of rotatable bonds is 5. The van der Waals surface area contributed by atoms with Gasteiger partial charge in [0.05, 0.1) is 23.7 Å². The number of carbonyl (C=O) groups excluding carboxylic acids is 2. The van der Waals surface area contributed by atoms with E-state index in [1.807, 2.05) is 38.1 Å². The number of nitrogens with zero attached hydrogens (tertiary/aromatic N) is 1. The van der Waals surface area contributed by atoms with E-state index in [2.05, 4.69) is 0 Å². The lowest BCUT2D eigenvalue weighted by Gasteiger charge is -2.26. The van der Waals surface area contributed by atoms with Crippen molar-refractivity contribution in [3.05, 3.63) is 69.8 Å². The number of Topliss-reactive ketones (excluding diaryl/α,β-unsaturated/α-hetero) is 1. The molecule has 0 radical (unpaired) electrons. The number of methoxy groups -OCH3 is 1. The van der Waals surface area contributed by atoms with Crippen molar-refractivity contribution in [2.45, 2.75) is 26.3 Å². The highest BCUT2D eigenvalue weighted by molar-refractivity contribution is 6.46. The largest absolute Gasteiger partial charge is 0.507 e. The molecule has 1 unspecified atom stereocenters. The second-order valence-electron chi connectivity index (χ2n) is 6.70. The number of likely N-dealkylation sites (tertiary alicyclic amines) is 1.